The molecule has 1 amide bonds. The smallest absolute Gasteiger partial charge is 0.236 e. The molecular formula is C11H22N2OS. The molecule has 15 heavy (non-hydrogen) atoms. The van der Waals surface area contributed by atoms with Crippen molar-refractivity contribution in [1.29, 1.82) is 0 Å². The minimum Gasteiger partial charge on any atom is -0.339 e. The molecule has 0 aromatic heterocycles. The second kappa shape index (κ2) is 7.12. The summed E-state index contributed by atoms with van der Waals surface area (Å²) in [4.78, 5) is 13.7. The van der Waals surface area contributed by atoms with Crippen molar-refractivity contribution in [3.05, 3.63) is 0 Å². The van der Waals surface area contributed by atoms with Crippen LogP contribution < -0.4 is 5.32 Å². The average Bonchev–Trinajstić information content (AvgIpc) is 3.03. The molecule has 0 saturated heterocycles. The third-order valence-electron chi connectivity index (χ3n) is 2.63. The number of carbonyl (C=O) groups excluding carboxylic acids is 1. The third kappa shape index (κ3) is 4.89. The summed E-state index contributed by atoms with van der Waals surface area (Å²) in [5, 5.41) is 3.21. The Kier molecular flexibility index (Phi) is 6.10. The summed E-state index contributed by atoms with van der Waals surface area (Å²) in [5.41, 5.74) is 0. The monoisotopic (exact) mass is 230 g/mol. The molecule has 1 saturated carbocycles. The predicted octanol–water partition coefficient (Wildman–Crippen LogP) is 1.34. The first-order valence-corrected chi connectivity index (χ1v) is 7.18. The number of hydrogen-bond acceptors (Lipinski definition) is 3. The van der Waals surface area contributed by atoms with E-state index in [2.05, 4.69) is 18.5 Å². The van der Waals surface area contributed by atoms with Crippen LogP contribution in [-0.2, 0) is 4.79 Å². The maximum absolute atomic E-state index is 11.7. The lowest BCUT2D eigenvalue weighted by atomic mass is 10.4. The number of likely N-dealkylation sites (N-methyl/N-ethyl adjacent to an activating group) is 1. The second-order valence-corrected chi connectivity index (χ2v) is 4.92. The Balaban J connectivity index is 2.06. The Bertz CT molecular complexity index is 195. The molecule has 0 heterocycles. The third-order valence-corrected chi connectivity index (χ3v) is 3.32. The van der Waals surface area contributed by atoms with Gasteiger partial charge in [-0.25, -0.2) is 0 Å². The lowest BCUT2D eigenvalue weighted by Crippen LogP contribution is -2.39. The Labute approximate surface area is 97.0 Å². The van der Waals surface area contributed by atoms with Crippen molar-refractivity contribution in [1.82, 2.24) is 10.2 Å². The molecule has 0 spiro atoms. The molecule has 88 valence electrons. The Morgan fingerprint density at radius 1 is 1.53 bits per heavy atom. The number of rotatable bonds is 8. The summed E-state index contributed by atoms with van der Waals surface area (Å²) in [7, 11) is 0. The summed E-state index contributed by atoms with van der Waals surface area (Å²) in [6.45, 7) is 4.38. The van der Waals surface area contributed by atoms with Crippen LogP contribution in [0.3, 0.4) is 0 Å². The number of carbonyl (C=O) groups is 1. The van der Waals surface area contributed by atoms with E-state index in [-0.39, 0.29) is 5.91 Å². The normalized spacial score (nSPS) is 15.3. The topological polar surface area (TPSA) is 32.3 Å². The molecule has 0 atom stereocenters. The van der Waals surface area contributed by atoms with Crippen LogP contribution >= 0.6 is 11.8 Å². The largest absolute Gasteiger partial charge is 0.339 e. The van der Waals surface area contributed by atoms with Gasteiger partial charge in [0.25, 0.3) is 0 Å². The van der Waals surface area contributed by atoms with E-state index in [1.54, 1.807) is 0 Å². The number of nitrogens with one attached hydrogen (secondary N) is 1. The van der Waals surface area contributed by atoms with Crippen LogP contribution in [0.2, 0.25) is 0 Å². The molecule has 1 fully saturated rings. The Morgan fingerprint density at radius 3 is 2.80 bits per heavy atom. The van der Waals surface area contributed by atoms with E-state index in [4.69, 9.17) is 0 Å². The summed E-state index contributed by atoms with van der Waals surface area (Å²) in [6, 6.07) is 0.551. The van der Waals surface area contributed by atoms with Gasteiger partial charge < -0.3 is 10.2 Å². The van der Waals surface area contributed by atoms with E-state index in [9.17, 15) is 4.79 Å². The maximum atomic E-state index is 11.7. The molecule has 3 nitrogen and oxygen atoms in total. The zero-order valence-corrected chi connectivity index (χ0v) is 10.6. The molecular weight excluding hydrogens is 208 g/mol. The quantitative estimate of drug-likeness (QED) is 0.639. The van der Waals surface area contributed by atoms with E-state index >= 15 is 0 Å². The lowest BCUT2D eigenvalue weighted by molar-refractivity contribution is -0.130. The van der Waals surface area contributed by atoms with Gasteiger partial charge in [0.1, 0.15) is 0 Å². The molecule has 0 aromatic rings. The van der Waals surface area contributed by atoms with Gasteiger partial charge in [-0.3, -0.25) is 4.79 Å². The first-order chi connectivity index (χ1) is 7.29. The summed E-state index contributed by atoms with van der Waals surface area (Å²) in [6.07, 6.45) is 5.65. The van der Waals surface area contributed by atoms with Crippen molar-refractivity contribution < 1.29 is 4.79 Å². The van der Waals surface area contributed by atoms with Gasteiger partial charge in [0, 0.05) is 12.6 Å². The van der Waals surface area contributed by atoms with Crippen molar-refractivity contribution in [2.24, 2.45) is 0 Å². The summed E-state index contributed by atoms with van der Waals surface area (Å²) >= 11 is 1.85. The van der Waals surface area contributed by atoms with Crippen molar-refractivity contribution in [2.45, 2.75) is 32.2 Å². The Hall–Kier alpha value is -0.220. The highest BCUT2D eigenvalue weighted by atomic mass is 32.2. The molecule has 0 bridgehead atoms. The van der Waals surface area contributed by atoms with Gasteiger partial charge in [0.2, 0.25) is 5.91 Å². The minimum absolute atomic E-state index is 0.268. The lowest BCUT2D eigenvalue weighted by Gasteiger charge is -2.20. The number of nitrogens with zero attached hydrogens (tertiary/aromatic N) is 1. The van der Waals surface area contributed by atoms with Crippen LogP contribution in [0.25, 0.3) is 0 Å². The minimum atomic E-state index is 0.268. The number of hydrogen-bond donors (Lipinski definition) is 1. The molecule has 1 aliphatic rings. The first-order valence-electron chi connectivity index (χ1n) is 5.78. The zero-order valence-electron chi connectivity index (χ0n) is 9.79. The van der Waals surface area contributed by atoms with Crippen molar-refractivity contribution in [3.8, 4) is 0 Å². The highest BCUT2D eigenvalue weighted by Crippen LogP contribution is 2.26. The fraction of sp³-hybridized carbons (Fsp3) is 0.909. The summed E-state index contributed by atoms with van der Waals surface area (Å²) < 4.78 is 0. The van der Waals surface area contributed by atoms with Gasteiger partial charge in [-0.1, -0.05) is 0 Å². The van der Waals surface area contributed by atoms with Crippen LogP contribution in [0, 0.1) is 0 Å². The molecule has 1 N–H and O–H groups in total. The summed E-state index contributed by atoms with van der Waals surface area (Å²) in [5.74, 6) is 1.44. The van der Waals surface area contributed by atoms with Gasteiger partial charge in [-0.05, 0) is 44.7 Å². The second-order valence-electron chi connectivity index (χ2n) is 3.93. The van der Waals surface area contributed by atoms with Crippen molar-refractivity contribution in [3.63, 3.8) is 0 Å². The van der Waals surface area contributed by atoms with E-state index in [1.165, 1.54) is 18.6 Å². The van der Waals surface area contributed by atoms with Crippen LogP contribution in [0.4, 0.5) is 0 Å². The zero-order chi connectivity index (χ0) is 11.1. The fourth-order valence-electron chi connectivity index (χ4n) is 1.66. The van der Waals surface area contributed by atoms with E-state index in [0.717, 1.165) is 19.5 Å². The first kappa shape index (κ1) is 12.8. The molecule has 1 aliphatic carbocycles. The van der Waals surface area contributed by atoms with Gasteiger partial charge in [0.05, 0.1) is 6.54 Å². The molecule has 0 unspecified atom stereocenters. The SMILES string of the molecule is CCN(C(=O)CNCCCSC)C1CC1. The predicted molar refractivity (Wildman–Crippen MR) is 66.3 cm³/mol. The standard InChI is InChI=1S/C11H22N2OS/c1-3-13(10-5-6-10)11(14)9-12-7-4-8-15-2/h10,12H,3-9H2,1-2H3. The molecule has 4 heteroatoms. The maximum Gasteiger partial charge on any atom is 0.236 e. The van der Waals surface area contributed by atoms with Crippen LogP contribution in [0.1, 0.15) is 26.2 Å². The van der Waals surface area contributed by atoms with Crippen molar-refractivity contribution >= 4 is 17.7 Å². The van der Waals surface area contributed by atoms with Gasteiger partial charge in [-0.2, -0.15) is 11.8 Å². The Morgan fingerprint density at radius 2 is 2.27 bits per heavy atom. The van der Waals surface area contributed by atoms with Crippen LogP contribution in [0.5, 0.6) is 0 Å². The van der Waals surface area contributed by atoms with E-state index in [1.807, 2.05) is 16.7 Å². The fourth-order valence-corrected chi connectivity index (χ4v) is 2.10. The number of amides is 1. The molecule has 0 radical (unpaired) electrons. The molecule has 0 aromatic carbocycles. The molecule has 0 aliphatic heterocycles. The van der Waals surface area contributed by atoms with Crippen LogP contribution in [-0.4, -0.2) is 48.5 Å². The van der Waals surface area contributed by atoms with Crippen LogP contribution in [0.15, 0.2) is 0 Å². The molecule has 1 rings (SSSR count). The highest BCUT2D eigenvalue weighted by molar-refractivity contribution is 7.98. The van der Waals surface area contributed by atoms with E-state index < -0.39 is 0 Å². The van der Waals surface area contributed by atoms with Gasteiger partial charge in [0.15, 0.2) is 0 Å². The number of thioether (sulfide) groups is 1. The van der Waals surface area contributed by atoms with E-state index in [0.29, 0.717) is 12.6 Å². The highest BCUT2D eigenvalue weighted by Gasteiger charge is 2.30. The van der Waals surface area contributed by atoms with Gasteiger partial charge >= 0.3 is 0 Å². The van der Waals surface area contributed by atoms with Crippen molar-refractivity contribution in [2.75, 3.05) is 31.6 Å². The average molecular weight is 230 g/mol. The van der Waals surface area contributed by atoms with Gasteiger partial charge in [-0.15, -0.1) is 0 Å².